The fraction of sp³-hybridized carbons (Fsp3) is 0.208. The van der Waals surface area contributed by atoms with Gasteiger partial charge in [-0.1, -0.05) is 18.2 Å². The molecule has 3 aromatic rings. The number of hydrogen-bond acceptors (Lipinski definition) is 8. The van der Waals surface area contributed by atoms with Crippen molar-refractivity contribution < 1.29 is 19.0 Å². The number of anilines is 2. The first kappa shape index (κ1) is 22.6. The van der Waals surface area contributed by atoms with Gasteiger partial charge in [0.1, 0.15) is 23.2 Å². The number of pyridine rings is 1. The van der Waals surface area contributed by atoms with Crippen molar-refractivity contribution in [2.75, 3.05) is 45.7 Å². The summed E-state index contributed by atoms with van der Waals surface area (Å²) in [5.41, 5.74) is 9.86. The summed E-state index contributed by atoms with van der Waals surface area (Å²) < 4.78 is 15.6. The minimum absolute atomic E-state index is 0.0735. The number of rotatable bonds is 7. The fourth-order valence-corrected chi connectivity index (χ4v) is 3.34. The molecule has 164 valence electrons. The highest BCUT2D eigenvalue weighted by molar-refractivity contribution is 5.98. The number of carbonyl (C=O) groups is 1. The van der Waals surface area contributed by atoms with E-state index < -0.39 is 5.97 Å². The van der Waals surface area contributed by atoms with E-state index in [1.54, 1.807) is 24.3 Å². The third-order valence-electron chi connectivity index (χ3n) is 4.85. The second-order valence-electron chi connectivity index (χ2n) is 7.09. The summed E-state index contributed by atoms with van der Waals surface area (Å²) in [6.45, 7) is 0.0735. The van der Waals surface area contributed by atoms with Gasteiger partial charge in [0.25, 0.3) is 0 Å². The number of ether oxygens (including phenoxy) is 3. The van der Waals surface area contributed by atoms with E-state index in [-0.39, 0.29) is 18.2 Å². The van der Waals surface area contributed by atoms with Crippen LogP contribution in [0.25, 0.3) is 22.4 Å². The van der Waals surface area contributed by atoms with Gasteiger partial charge in [0.05, 0.1) is 24.1 Å². The van der Waals surface area contributed by atoms with Crippen LogP contribution in [0.4, 0.5) is 11.5 Å². The van der Waals surface area contributed by atoms with Crippen LogP contribution in [-0.2, 0) is 9.47 Å². The molecular formula is C24H24N4O4. The average molecular weight is 432 g/mol. The van der Waals surface area contributed by atoms with Crippen LogP contribution in [0.3, 0.4) is 0 Å². The van der Waals surface area contributed by atoms with Gasteiger partial charge in [0.2, 0.25) is 0 Å². The largest absolute Gasteiger partial charge is 0.467 e. The maximum absolute atomic E-state index is 12.4. The Balaban J connectivity index is 2.22. The van der Waals surface area contributed by atoms with Crippen molar-refractivity contribution in [2.24, 2.45) is 0 Å². The number of nitrogen functional groups attached to an aromatic ring is 1. The molecule has 1 aromatic heterocycles. The fourth-order valence-electron chi connectivity index (χ4n) is 3.34. The maximum atomic E-state index is 12.4. The van der Waals surface area contributed by atoms with E-state index in [0.29, 0.717) is 39.4 Å². The first-order valence-electron chi connectivity index (χ1n) is 9.73. The normalized spacial score (nSPS) is 10.3. The Morgan fingerprint density at radius 1 is 1.12 bits per heavy atom. The molecule has 2 aromatic carbocycles. The van der Waals surface area contributed by atoms with E-state index in [9.17, 15) is 10.1 Å². The van der Waals surface area contributed by atoms with Crippen molar-refractivity contribution in [1.29, 1.82) is 5.26 Å². The molecule has 0 fully saturated rings. The minimum Gasteiger partial charge on any atom is -0.467 e. The van der Waals surface area contributed by atoms with Gasteiger partial charge in [-0.25, -0.2) is 9.78 Å². The number of aromatic nitrogens is 1. The van der Waals surface area contributed by atoms with Crippen molar-refractivity contribution in [3.05, 3.63) is 59.7 Å². The van der Waals surface area contributed by atoms with Crippen molar-refractivity contribution in [2.45, 2.75) is 0 Å². The number of nitriles is 1. The van der Waals surface area contributed by atoms with Crippen LogP contribution >= 0.6 is 0 Å². The Kier molecular flexibility index (Phi) is 6.93. The Hall–Kier alpha value is -4.09. The van der Waals surface area contributed by atoms with Gasteiger partial charge in [0.15, 0.2) is 6.79 Å². The van der Waals surface area contributed by atoms with Gasteiger partial charge in [-0.05, 0) is 35.9 Å². The highest BCUT2D eigenvalue weighted by Gasteiger charge is 2.19. The second kappa shape index (κ2) is 9.81. The van der Waals surface area contributed by atoms with E-state index in [2.05, 4.69) is 11.1 Å². The molecule has 8 nitrogen and oxygen atoms in total. The number of carbonyl (C=O) groups excluding carboxylic acids is 1. The number of nitrogens with two attached hydrogens (primary N) is 1. The summed E-state index contributed by atoms with van der Waals surface area (Å²) in [4.78, 5) is 18.6. The lowest BCUT2D eigenvalue weighted by molar-refractivity contribution is 0.0515. The van der Waals surface area contributed by atoms with Gasteiger partial charge >= 0.3 is 5.97 Å². The minimum atomic E-state index is -0.477. The lowest BCUT2D eigenvalue weighted by atomic mass is 9.96. The van der Waals surface area contributed by atoms with Crippen molar-refractivity contribution >= 4 is 17.5 Å². The Labute approximate surface area is 186 Å². The van der Waals surface area contributed by atoms with E-state index in [0.717, 1.165) is 0 Å². The Bertz CT molecular complexity index is 1190. The van der Waals surface area contributed by atoms with Crippen LogP contribution in [0.5, 0.6) is 5.75 Å². The molecule has 8 heteroatoms. The molecule has 0 aliphatic carbocycles. The SMILES string of the molecule is COCOc1ccccc1-c1cc(-c2ccc(N(C)C)c(C(=O)OC)c2)c(C#N)c(N)n1. The number of nitrogens with zero attached hydrogens (tertiary/aromatic N) is 3. The van der Waals surface area contributed by atoms with Crippen molar-refractivity contribution in [3.63, 3.8) is 0 Å². The summed E-state index contributed by atoms with van der Waals surface area (Å²) in [6.07, 6.45) is 0. The van der Waals surface area contributed by atoms with Crippen LogP contribution < -0.4 is 15.4 Å². The summed E-state index contributed by atoms with van der Waals surface area (Å²) in [5, 5.41) is 9.75. The van der Waals surface area contributed by atoms with Crippen LogP contribution in [0.2, 0.25) is 0 Å². The first-order chi connectivity index (χ1) is 15.4. The summed E-state index contributed by atoms with van der Waals surface area (Å²) in [6, 6.07) is 16.5. The summed E-state index contributed by atoms with van der Waals surface area (Å²) in [5.74, 6) is 0.169. The molecule has 0 spiro atoms. The quantitative estimate of drug-likeness (QED) is 0.444. The Morgan fingerprint density at radius 3 is 2.53 bits per heavy atom. The Morgan fingerprint density at radius 2 is 1.88 bits per heavy atom. The van der Waals surface area contributed by atoms with Gasteiger partial charge in [-0.15, -0.1) is 0 Å². The third kappa shape index (κ3) is 4.48. The molecule has 0 aliphatic rings. The van der Waals surface area contributed by atoms with Gasteiger partial charge in [0, 0.05) is 32.3 Å². The summed E-state index contributed by atoms with van der Waals surface area (Å²) >= 11 is 0. The molecule has 0 radical (unpaired) electrons. The molecule has 0 atom stereocenters. The zero-order valence-electron chi connectivity index (χ0n) is 18.4. The molecule has 0 aliphatic heterocycles. The van der Waals surface area contributed by atoms with E-state index in [4.69, 9.17) is 19.9 Å². The highest BCUT2D eigenvalue weighted by Crippen LogP contribution is 2.36. The van der Waals surface area contributed by atoms with Crippen LogP contribution in [0, 0.1) is 11.3 Å². The van der Waals surface area contributed by atoms with E-state index in [1.807, 2.05) is 43.3 Å². The van der Waals surface area contributed by atoms with Gasteiger partial charge in [-0.3, -0.25) is 0 Å². The highest BCUT2D eigenvalue weighted by atomic mass is 16.7. The molecule has 0 unspecified atom stereocenters. The topological polar surface area (TPSA) is 111 Å². The molecule has 3 rings (SSSR count). The number of para-hydroxylation sites is 1. The predicted molar refractivity (Wildman–Crippen MR) is 122 cm³/mol. The van der Waals surface area contributed by atoms with Gasteiger partial charge < -0.3 is 24.8 Å². The average Bonchev–Trinajstić information content (AvgIpc) is 2.81. The number of benzene rings is 2. The standard InChI is InChI=1S/C24H24N4O4/c1-28(2)21-10-9-15(11-18(21)24(29)31-4)17-12-20(27-23(26)19(17)13-25)16-7-5-6-8-22(16)32-14-30-3/h5-12H,14H2,1-4H3,(H2,26,27). The molecular weight excluding hydrogens is 408 g/mol. The molecule has 2 N–H and O–H groups in total. The van der Waals surface area contributed by atoms with Crippen LogP contribution in [-0.4, -0.2) is 46.1 Å². The molecule has 0 saturated heterocycles. The molecule has 1 heterocycles. The first-order valence-corrected chi connectivity index (χ1v) is 9.73. The maximum Gasteiger partial charge on any atom is 0.339 e. The summed E-state index contributed by atoms with van der Waals surface area (Å²) in [7, 11) is 6.53. The van der Waals surface area contributed by atoms with E-state index >= 15 is 0 Å². The smallest absolute Gasteiger partial charge is 0.339 e. The van der Waals surface area contributed by atoms with Crippen molar-refractivity contribution in [1.82, 2.24) is 4.98 Å². The molecule has 0 saturated carbocycles. The second-order valence-corrected chi connectivity index (χ2v) is 7.09. The molecule has 0 amide bonds. The number of methoxy groups -OCH3 is 2. The zero-order chi connectivity index (χ0) is 23.3. The van der Waals surface area contributed by atoms with Crippen molar-refractivity contribution in [3.8, 4) is 34.2 Å². The van der Waals surface area contributed by atoms with Crippen LogP contribution in [0.1, 0.15) is 15.9 Å². The molecule has 0 bridgehead atoms. The van der Waals surface area contributed by atoms with E-state index in [1.165, 1.54) is 14.2 Å². The predicted octanol–water partition coefficient (Wildman–Crippen LogP) is 3.70. The zero-order valence-corrected chi connectivity index (χ0v) is 18.4. The monoisotopic (exact) mass is 432 g/mol. The lowest BCUT2D eigenvalue weighted by Gasteiger charge is -2.18. The third-order valence-corrected chi connectivity index (χ3v) is 4.85. The van der Waals surface area contributed by atoms with Crippen LogP contribution in [0.15, 0.2) is 48.5 Å². The molecule has 32 heavy (non-hydrogen) atoms. The lowest BCUT2D eigenvalue weighted by Crippen LogP contribution is -2.15. The number of esters is 1. The van der Waals surface area contributed by atoms with Gasteiger partial charge in [-0.2, -0.15) is 5.26 Å². The number of hydrogen-bond donors (Lipinski definition) is 1.